The Kier molecular flexibility index (Phi) is 3.62. The summed E-state index contributed by atoms with van der Waals surface area (Å²) in [4.78, 5) is 7.93. The lowest BCUT2D eigenvalue weighted by molar-refractivity contribution is 0.387. The quantitative estimate of drug-likeness (QED) is 0.867. The first-order valence-corrected chi connectivity index (χ1v) is 5.57. The summed E-state index contributed by atoms with van der Waals surface area (Å²) < 4.78 is 18.2. The van der Waals surface area contributed by atoms with Gasteiger partial charge in [-0.15, -0.1) is 0 Å². The molecule has 0 aliphatic heterocycles. The highest BCUT2D eigenvalue weighted by atomic mass is 35.5. The highest BCUT2D eigenvalue weighted by Gasteiger charge is 2.07. The Balaban J connectivity index is 2.31. The molecule has 1 N–H and O–H groups in total. The molecule has 94 valence electrons. The van der Waals surface area contributed by atoms with E-state index in [0.29, 0.717) is 16.7 Å². The van der Waals surface area contributed by atoms with Crippen molar-refractivity contribution < 1.29 is 9.13 Å². The molecule has 0 spiro atoms. The van der Waals surface area contributed by atoms with Gasteiger partial charge >= 0.3 is 0 Å². The van der Waals surface area contributed by atoms with Gasteiger partial charge in [-0.05, 0) is 19.1 Å². The van der Waals surface area contributed by atoms with Crippen LogP contribution in [0.25, 0.3) is 0 Å². The molecule has 0 aliphatic carbocycles. The van der Waals surface area contributed by atoms with Crippen molar-refractivity contribution in [1.29, 1.82) is 0 Å². The highest BCUT2D eigenvalue weighted by molar-refractivity contribution is 6.30. The number of benzene rings is 1. The van der Waals surface area contributed by atoms with Crippen LogP contribution in [-0.4, -0.2) is 17.1 Å². The van der Waals surface area contributed by atoms with Gasteiger partial charge < -0.3 is 10.1 Å². The minimum Gasteiger partial charge on any atom is -0.494 e. The Morgan fingerprint density at radius 2 is 2.11 bits per heavy atom. The van der Waals surface area contributed by atoms with Crippen LogP contribution in [0.3, 0.4) is 0 Å². The summed E-state index contributed by atoms with van der Waals surface area (Å²) >= 11 is 5.89. The Morgan fingerprint density at radius 3 is 2.83 bits per heavy atom. The summed E-state index contributed by atoms with van der Waals surface area (Å²) in [5.41, 5.74) is 1.38. The minimum atomic E-state index is -0.416. The molecule has 0 saturated heterocycles. The van der Waals surface area contributed by atoms with Crippen molar-refractivity contribution in [2.75, 3.05) is 12.4 Å². The summed E-state index contributed by atoms with van der Waals surface area (Å²) in [5, 5.41) is 3.41. The molecule has 2 aromatic rings. The zero-order valence-electron chi connectivity index (χ0n) is 9.87. The third-order valence-corrected chi connectivity index (χ3v) is 2.82. The van der Waals surface area contributed by atoms with E-state index in [1.54, 1.807) is 19.1 Å². The van der Waals surface area contributed by atoms with E-state index in [-0.39, 0.29) is 5.75 Å². The SMILES string of the molecule is COc1cc(Nc2ncnc(Cl)c2C)ccc1F. The van der Waals surface area contributed by atoms with Crippen molar-refractivity contribution in [3.8, 4) is 5.75 Å². The number of nitrogens with zero attached hydrogens (tertiary/aromatic N) is 2. The summed E-state index contributed by atoms with van der Waals surface area (Å²) in [6, 6.07) is 4.46. The van der Waals surface area contributed by atoms with Crippen LogP contribution >= 0.6 is 11.6 Å². The third kappa shape index (κ3) is 2.51. The van der Waals surface area contributed by atoms with Gasteiger partial charge in [-0.25, -0.2) is 14.4 Å². The van der Waals surface area contributed by atoms with Gasteiger partial charge in [-0.2, -0.15) is 0 Å². The fourth-order valence-corrected chi connectivity index (χ4v) is 1.56. The van der Waals surface area contributed by atoms with Crippen LogP contribution in [0.2, 0.25) is 5.15 Å². The minimum absolute atomic E-state index is 0.165. The molecular formula is C12H11ClFN3O. The van der Waals surface area contributed by atoms with Crippen LogP contribution in [-0.2, 0) is 0 Å². The molecule has 0 atom stereocenters. The number of nitrogens with one attached hydrogen (secondary N) is 1. The van der Waals surface area contributed by atoms with E-state index >= 15 is 0 Å². The van der Waals surface area contributed by atoms with E-state index in [1.807, 2.05) is 0 Å². The van der Waals surface area contributed by atoms with Crippen LogP contribution in [0.15, 0.2) is 24.5 Å². The number of anilines is 2. The van der Waals surface area contributed by atoms with Gasteiger partial charge in [0.25, 0.3) is 0 Å². The van der Waals surface area contributed by atoms with Crippen molar-refractivity contribution in [1.82, 2.24) is 9.97 Å². The number of ether oxygens (including phenoxy) is 1. The molecule has 0 aliphatic rings. The first-order chi connectivity index (χ1) is 8.61. The van der Waals surface area contributed by atoms with E-state index in [0.717, 1.165) is 5.56 Å². The maximum Gasteiger partial charge on any atom is 0.165 e. The molecule has 18 heavy (non-hydrogen) atoms. The van der Waals surface area contributed by atoms with Crippen LogP contribution in [0.4, 0.5) is 15.9 Å². The Bertz CT molecular complexity index is 577. The second-order valence-corrected chi connectivity index (χ2v) is 3.97. The van der Waals surface area contributed by atoms with E-state index in [1.165, 1.54) is 19.5 Å². The summed E-state index contributed by atoms with van der Waals surface area (Å²) in [7, 11) is 1.41. The maximum atomic E-state index is 13.3. The van der Waals surface area contributed by atoms with Crippen LogP contribution in [0.5, 0.6) is 5.75 Å². The lowest BCUT2D eigenvalue weighted by atomic mass is 10.2. The van der Waals surface area contributed by atoms with E-state index < -0.39 is 5.82 Å². The number of hydrogen-bond donors (Lipinski definition) is 1. The topological polar surface area (TPSA) is 47.0 Å². The lowest BCUT2D eigenvalue weighted by Crippen LogP contribution is -1.99. The fourth-order valence-electron chi connectivity index (χ4n) is 1.43. The van der Waals surface area contributed by atoms with Crippen molar-refractivity contribution in [2.45, 2.75) is 6.92 Å². The molecule has 1 aromatic heterocycles. The first-order valence-electron chi connectivity index (χ1n) is 5.19. The molecule has 6 heteroatoms. The van der Waals surface area contributed by atoms with Crippen LogP contribution in [0.1, 0.15) is 5.56 Å². The van der Waals surface area contributed by atoms with Gasteiger partial charge in [0.2, 0.25) is 0 Å². The second-order valence-electron chi connectivity index (χ2n) is 3.61. The largest absolute Gasteiger partial charge is 0.494 e. The van der Waals surface area contributed by atoms with Gasteiger partial charge in [0.15, 0.2) is 11.6 Å². The van der Waals surface area contributed by atoms with Crippen LogP contribution < -0.4 is 10.1 Å². The van der Waals surface area contributed by atoms with Crippen LogP contribution in [0, 0.1) is 12.7 Å². The average Bonchev–Trinajstić information content (AvgIpc) is 2.37. The highest BCUT2D eigenvalue weighted by Crippen LogP contribution is 2.26. The standard InChI is InChI=1S/C12H11ClFN3O/c1-7-11(13)15-6-16-12(7)17-8-3-4-9(14)10(5-8)18-2/h3-6H,1-2H3,(H,15,16,17). The monoisotopic (exact) mass is 267 g/mol. The molecule has 0 saturated carbocycles. The molecular weight excluding hydrogens is 257 g/mol. The Hall–Kier alpha value is -1.88. The summed E-state index contributed by atoms with van der Waals surface area (Å²) in [6.45, 7) is 1.80. The predicted octanol–water partition coefficient (Wildman–Crippen LogP) is 3.33. The maximum absolute atomic E-state index is 13.3. The van der Waals surface area contributed by atoms with Gasteiger partial charge in [-0.3, -0.25) is 0 Å². The van der Waals surface area contributed by atoms with Crippen molar-refractivity contribution in [3.63, 3.8) is 0 Å². The fraction of sp³-hybridized carbons (Fsp3) is 0.167. The molecule has 0 amide bonds. The zero-order valence-corrected chi connectivity index (χ0v) is 10.6. The molecule has 0 fully saturated rings. The normalized spacial score (nSPS) is 10.2. The number of methoxy groups -OCH3 is 1. The van der Waals surface area contributed by atoms with E-state index in [2.05, 4.69) is 15.3 Å². The molecule has 0 radical (unpaired) electrons. The molecule has 4 nitrogen and oxygen atoms in total. The third-order valence-electron chi connectivity index (χ3n) is 2.44. The first kappa shape index (κ1) is 12.6. The number of rotatable bonds is 3. The Morgan fingerprint density at radius 1 is 1.33 bits per heavy atom. The van der Waals surface area contributed by atoms with Gasteiger partial charge in [-0.1, -0.05) is 11.6 Å². The average molecular weight is 268 g/mol. The smallest absolute Gasteiger partial charge is 0.165 e. The lowest BCUT2D eigenvalue weighted by Gasteiger charge is -2.10. The summed E-state index contributed by atoms with van der Waals surface area (Å²) in [6.07, 6.45) is 1.36. The van der Waals surface area contributed by atoms with Crippen molar-refractivity contribution in [3.05, 3.63) is 41.1 Å². The molecule has 0 bridgehead atoms. The predicted molar refractivity (Wildman–Crippen MR) is 68.0 cm³/mol. The molecule has 1 heterocycles. The summed E-state index contributed by atoms with van der Waals surface area (Å²) in [5.74, 6) is 0.321. The molecule has 0 unspecified atom stereocenters. The van der Waals surface area contributed by atoms with Crippen molar-refractivity contribution in [2.24, 2.45) is 0 Å². The van der Waals surface area contributed by atoms with Gasteiger partial charge in [0, 0.05) is 17.3 Å². The van der Waals surface area contributed by atoms with Gasteiger partial charge in [0.05, 0.1) is 7.11 Å². The van der Waals surface area contributed by atoms with E-state index in [4.69, 9.17) is 16.3 Å². The molecule has 2 rings (SSSR count). The Labute approximate surface area is 109 Å². The number of aromatic nitrogens is 2. The number of hydrogen-bond acceptors (Lipinski definition) is 4. The zero-order chi connectivity index (χ0) is 13.1. The molecule has 1 aromatic carbocycles. The van der Waals surface area contributed by atoms with E-state index in [9.17, 15) is 4.39 Å². The van der Waals surface area contributed by atoms with Gasteiger partial charge in [0.1, 0.15) is 17.3 Å². The van der Waals surface area contributed by atoms with Crippen molar-refractivity contribution >= 4 is 23.1 Å². The number of halogens is 2. The second kappa shape index (κ2) is 5.18.